The summed E-state index contributed by atoms with van der Waals surface area (Å²) in [7, 11) is 0.110. The van der Waals surface area contributed by atoms with Crippen LogP contribution in [0.15, 0.2) is 18.2 Å². The molecule has 0 aromatic heterocycles. The summed E-state index contributed by atoms with van der Waals surface area (Å²) in [4.78, 5) is 16.1. The zero-order chi connectivity index (χ0) is 20.2. The van der Waals surface area contributed by atoms with Crippen molar-refractivity contribution in [3.63, 3.8) is 0 Å². The third-order valence-electron chi connectivity index (χ3n) is 4.98. The molecule has 0 bridgehead atoms. The van der Waals surface area contributed by atoms with Crippen LogP contribution in [-0.2, 0) is 19.4 Å². The first-order valence-electron chi connectivity index (χ1n) is 8.78. The van der Waals surface area contributed by atoms with Gasteiger partial charge in [-0.3, -0.25) is 9.69 Å². The van der Waals surface area contributed by atoms with E-state index >= 15 is 0 Å². The highest BCUT2D eigenvalue weighted by molar-refractivity contribution is 7.91. The van der Waals surface area contributed by atoms with Crippen LogP contribution in [0.3, 0.4) is 0 Å². The predicted molar refractivity (Wildman–Crippen MR) is 98.1 cm³/mol. The number of hydrogen-bond donors (Lipinski definition) is 0. The van der Waals surface area contributed by atoms with Crippen LogP contribution in [0.1, 0.15) is 24.9 Å². The van der Waals surface area contributed by atoms with Crippen LogP contribution in [0.5, 0.6) is 0 Å². The van der Waals surface area contributed by atoms with Crippen molar-refractivity contribution in [1.29, 1.82) is 0 Å². The van der Waals surface area contributed by atoms with E-state index in [1.165, 1.54) is 13.2 Å². The number of nitrogens with zero attached hydrogens (tertiary/aromatic N) is 2. The Bertz CT molecular complexity index is 773. The van der Waals surface area contributed by atoms with Gasteiger partial charge in [0, 0.05) is 25.7 Å². The third kappa shape index (κ3) is 5.70. The van der Waals surface area contributed by atoms with Crippen molar-refractivity contribution in [1.82, 2.24) is 9.80 Å². The number of ether oxygens (including phenoxy) is 1. The molecule has 1 amide bonds. The molecule has 1 fully saturated rings. The molecular weight excluding hydrogens is 378 g/mol. The zero-order valence-corrected chi connectivity index (χ0v) is 16.6. The van der Waals surface area contributed by atoms with E-state index in [0.29, 0.717) is 25.1 Å². The fraction of sp³-hybridized carbons (Fsp3) is 0.611. The van der Waals surface area contributed by atoms with E-state index in [0.717, 1.165) is 12.1 Å². The van der Waals surface area contributed by atoms with E-state index in [9.17, 15) is 22.0 Å². The SMILES string of the molecule is COCCN(C(=O)CN(C)C(C)c1ccc(F)c(F)c1)C1CCS(=O)(=O)C1. The molecule has 9 heteroatoms. The second-order valence-corrected chi connectivity index (χ2v) is 9.13. The number of likely N-dealkylation sites (N-methyl/N-ethyl adjacent to an activating group) is 1. The first-order chi connectivity index (χ1) is 12.6. The van der Waals surface area contributed by atoms with Crippen LogP contribution in [0.25, 0.3) is 0 Å². The number of sulfone groups is 1. The molecule has 2 unspecified atom stereocenters. The van der Waals surface area contributed by atoms with Gasteiger partial charge in [0.15, 0.2) is 21.5 Å². The lowest BCUT2D eigenvalue weighted by atomic mass is 10.1. The van der Waals surface area contributed by atoms with Crippen molar-refractivity contribution in [2.45, 2.75) is 25.4 Å². The van der Waals surface area contributed by atoms with E-state index in [4.69, 9.17) is 4.74 Å². The van der Waals surface area contributed by atoms with Crippen molar-refractivity contribution >= 4 is 15.7 Å². The van der Waals surface area contributed by atoms with Gasteiger partial charge in [-0.1, -0.05) is 6.07 Å². The Hall–Kier alpha value is -1.58. The minimum Gasteiger partial charge on any atom is -0.383 e. The molecule has 2 rings (SSSR count). The molecule has 0 aliphatic carbocycles. The summed E-state index contributed by atoms with van der Waals surface area (Å²) in [5.74, 6) is -2.03. The van der Waals surface area contributed by atoms with Gasteiger partial charge >= 0.3 is 0 Å². The summed E-state index contributed by atoms with van der Waals surface area (Å²) in [6, 6.07) is 2.99. The number of benzene rings is 1. The predicted octanol–water partition coefficient (Wildman–Crippen LogP) is 1.62. The van der Waals surface area contributed by atoms with Gasteiger partial charge in [-0.15, -0.1) is 0 Å². The van der Waals surface area contributed by atoms with Crippen molar-refractivity contribution in [2.75, 3.05) is 45.4 Å². The molecular formula is C18H26F2N2O4S. The lowest BCUT2D eigenvalue weighted by Gasteiger charge is -2.32. The summed E-state index contributed by atoms with van der Waals surface area (Å²) in [6.45, 7) is 2.44. The Kier molecular flexibility index (Phi) is 7.30. The van der Waals surface area contributed by atoms with Gasteiger partial charge in [-0.2, -0.15) is 0 Å². The van der Waals surface area contributed by atoms with Crippen molar-refractivity contribution in [3.05, 3.63) is 35.4 Å². The third-order valence-corrected chi connectivity index (χ3v) is 6.73. The number of methoxy groups -OCH3 is 1. The van der Waals surface area contributed by atoms with Gasteiger partial charge in [-0.25, -0.2) is 17.2 Å². The van der Waals surface area contributed by atoms with Gasteiger partial charge < -0.3 is 9.64 Å². The first kappa shape index (κ1) is 21.7. The van der Waals surface area contributed by atoms with Crippen molar-refractivity contribution in [2.24, 2.45) is 0 Å². The summed E-state index contributed by atoms with van der Waals surface area (Å²) in [5, 5.41) is 0. The van der Waals surface area contributed by atoms with Crippen LogP contribution in [-0.4, -0.2) is 75.5 Å². The smallest absolute Gasteiger partial charge is 0.237 e. The summed E-state index contributed by atoms with van der Waals surface area (Å²) >= 11 is 0. The topological polar surface area (TPSA) is 66.9 Å². The molecule has 27 heavy (non-hydrogen) atoms. The maximum atomic E-state index is 13.5. The summed E-state index contributed by atoms with van der Waals surface area (Å²) in [5.41, 5.74) is 0.552. The Morgan fingerprint density at radius 1 is 1.33 bits per heavy atom. The fourth-order valence-electron chi connectivity index (χ4n) is 3.19. The molecule has 1 aromatic carbocycles. The molecule has 1 aliphatic rings. The molecule has 0 saturated carbocycles. The largest absolute Gasteiger partial charge is 0.383 e. The zero-order valence-electron chi connectivity index (χ0n) is 15.8. The van der Waals surface area contributed by atoms with Gasteiger partial charge in [-0.05, 0) is 38.1 Å². The maximum absolute atomic E-state index is 13.5. The van der Waals surface area contributed by atoms with Gasteiger partial charge in [0.2, 0.25) is 5.91 Å². The Morgan fingerprint density at radius 3 is 2.59 bits per heavy atom. The number of halogens is 2. The molecule has 0 N–H and O–H groups in total. The number of rotatable bonds is 8. The molecule has 152 valence electrons. The summed E-state index contributed by atoms with van der Waals surface area (Å²) < 4.78 is 55.2. The lowest BCUT2D eigenvalue weighted by molar-refractivity contribution is -0.135. The summed E-state index contributed by atoms with van der Waals surface area (Å²) in [6.07, 6.45) is 0.417. The van der Waals surface area contributed by atoms with Gasteiger partial charge in [0.1, 0.15) is 0 Å². The van der Waals surface area contributed by atoms with Gasteiger partial charge in [0.05, 0.1) is 24.7 Å². The Labute approximate surface area is 159 Å². The minimum absolute atomic E-state index is 0.0282. The number of amides is 1. The highest BCUT2D eigenvalue weighted by Gasteiger charge is 2.35. The normalized spacial score (nSPS) is 20.0. The van der Waals surface area contributed by atoms with Crippen molar-refractivity contribution in [3.8, 4) is 0 Å². The van der Waals surface area contributed by atoms with Crippen LogP contribution in [0.4, 0.5) is 8.78 Å². The first-order valence-corrected chi connectivity index (χ1v) is 10.6. The van der Waals surface area contributed by atoms with E-state index in [2.05, 4.69) is 0 Å². The molecule has 1 aliphatic heterocycles. The minimum atomic E-state index is -3.12. The molecule has 0 radical (unpaired) electrons. The fourth-order valence-corrected chi connectivity index (χ4v) is 4.92. The average Bonchev–Trinajstić information content (AvgIpc) is 2.96. The van der Waals surface area contributed by atoms with Crippen LogP contribution < -0.4 is 0 Å². The monoisotopic (exact) mass is 404 g/mol. The van der Waals surface area contributed by atoms with Crippen LogP contribution in [0.2, 0.25) is 0 Å². The second-order valence-electron chi connectivity index (χ2n) is 6.90. The molecule has 1 aromatic rings. The molecule has 6 nitrogen and oxygen atoms in total. The molecule has 1 heterocycles. The van der Waals surface area contributed by atoms with E-state index in [-0.39, 0.29) is 36.0 Å². The molecule has 1 saturated heterocycles. The van der Waals surface area contributed by atoms with E-state index in [1.807, 2.05) is 0 Å². The van der Waals surface area contributed by atoms with Crippen LogP contribution >= 0.6 is 0 Å². The maximum Gasteiger partial charge on any atom is 0.237 e. The lowest BCUT2D eigenvalue weighted by Crippen LogP contribution is -2.47. The highest BCUT2D eigenvalue weighted by Crippen LogP contribution is 2.22. The van der Waals surface area contributed by atoms with E-state index in [1.54, 1.807) is 23.8 Å². The number of hydrogen-bond acceptors (Lipinski definition) is 5. The molecule has 0 spiro atoms. The van der Waals surface area contributed by atoms with E-state index < -0.39 is 21.5 Å². The second kappa shape index (κ2) is 9.07. The highest BCUT2D eigenvalue weighted by atomic mass is 32.2. The number of carbonyl (C=O) groups is 1. The standard InChI is InChI=1S/C18H26F2N2O4S/c1-13(14-4-5-16(19)17(20)10-14)21(2)11-18(23)22(7-8-26-3)15-6-9-27(24,25)12-15/h4-5,10,13,15H,6-9,11-12H2,1-3H3. The Balaban J connectivity index is 2.07. The van der Waals surface area contributed by atoms with Crippen molar-refractivity contribution < 1.29 is 26.7 Å². The Morgan fingerprint density at radius 2 is 2.04 bits per heavy atom. The van der Waals surface area contributed by atoms with Crippen LogP contribution in [0, 0.1) is 11.6 Å². The average molecular weight is 404 g/mol. The molecule has 2 atom stereocenters. The van der Waals surface area contributed by atoms with Gasteiger partial charge in [0.25, 0.3) is 0 Å². The number of carbonyl (C=O) groups excluding carboxylic acids is 1. The quantitative estimate of drug-likeness (QED) is 0.659.